The molecule has 2 aromatic rings. The molecule has 0 fully saturated rings. The summed E-state index contributed by atoms with van der Waals surface area (Å²) < 4.78 is 13.3. The van der Waals surface area contributed by atoms with Crippen molar-refractivity contribution < 1.29 is 9.18 Å². The monoisotopic (exact) mass is 234 g/mol. The highest BCUT2D eigenvalue weighted by Gasteiger charge is 2.11. The highest BCUT2D eigenvalue weighted by Crippen LogP contribution is 2.05. The van der Waals surface area contributed by atoms with E-state index >= 15 is 0 Å². The van der Waals surface area contributed by atoms with Crippen LogP contribution in [-0.2, 0) is 6.54 Å². The third-order valence-corrected chi connectivity index (χ3v) is 2.20. The quantitative estimate of drug-likeness (QED) is 0.837. The van der Waals surface area contributed by atoms with Crippen LogP contribution in [0.2, 0.25) is 0 Å². The second-order valence-corrected chi connectivity index (χ2v) is 3.52. The van der Waals surface area contributed by atoms with Crippen LogP contribution in [0.15, 0.2) is 24.3 Å². The van der Waals surface area contributed by atoms with E-state index in [1.807, 2.05) is 0 Å². The van der Waals surface area contributed by atoms with Crippen LogP contribution in [0.5, 0.6) is 0 Å². The van der Waals surface area contributed by atoms with E-state index in [-0.39, 0.29) is 18.2 Å². The summed E-state index contributed by atoms with van der Waals surface area (Å²) in [6.07, 6.45) is 0. The highest BCUT2D eigenvalue weighted by atomic mass is 19.1. The standard InChI is InChI=1S/C11H11FN4O/c1-7-14-10(16-15-7)11(17)13-6-8-4-2-3-5-9(8)12/h2-5H,6H2,1H3,(H,13,17)(H,14,15,16). The van der Waals surface area contributed by atoms with Gasteiger partial charge >= 0.3 is 0 Å². The number of rotatable bonds is 3. The molecule has 1 aromatic carbocycles. The van der Waals surface area contributed by atoms with E-state index < -0.39 is 5.91 Å². The van der Waals surface area contributed by atoms with Crippen LogP contribution in [0.4, 0.5) is 4.39 Å². The predicted molar refractivity (Wildman–Crippen MR) is 58.7 cm³/mol. The number of carbonyl (C=O) groups is 1. The van der Waals surface area contributed by atoms with Crippen molar-refractivity contribution in [3.63, 3.8) is 0 Å². The maximum absolute atomic E-state index is 13.3. The molecule has 5 nitrogen and oxygen atoms in total. The predicted octanol–water partition coefficient (Wildman–Crippen LogP) is 1.18. The number of aryl methyl sites for hydroxylation is 1. The van der Waals surface area contributed by atoms with Crippen molar-refractivity contribution in [2.24, 2.45) is 0 Å². The van der Waals surface area contributed by atoms with E-state index in [1.54, 1.807) is 25.1 Å². The van der Waals surface area contributed by atoms with E-state index in [0.717, 1.165) is 0 Å². The fraction of sp³-hybridized carbons (Fsp3) is 0.182. The van der Waals surface area contributed by atoms with Gasteiger partial charge in [0, 0.05) is 12.1 Å². The molecule has 0 spiro atoms. The number of carbonyl (C=O) groups excluding carboxylic acids is 1. The summed E-state index contributed by atoms with van der Waals surface area (Å²) in [7, 11) is 0. The number of H-pyrrole nitrogens is 1. The molecule has 2 rings (SSSR count). The molecule has 0 aliphatic heterocycles. The maximum atomic E-state index is 13.3. The molecule has 0 bridgehead atoms. The molecule has 0 saturated heterocycles. The topological polar surface area (TPSA) is 70.7 Å². The molecule has 0 aliphatic rings. The van der Waals surface area contributed by atoms with Gasteiger partial charge in [0.2, 0.25) is 5.82 Å². The van der Waals surface area contributed by atoms with E-state index in [2.05, 4.69) is 20.5 Å². The number of hydrogen-bond acceptors (Lipinski definition) is 3. The molecule has 0 saturated carbocycles. The molecule has 0 aliphatic carbocycles. The summed E-state index contributed by atoms with van der Waals surface area (Å²) in [6.45, 7) is 1.81. The number of nitrogens with one attached hydrogen (secondary N) is 2. The Hall–Kier alpha value is -2.24. The minimum Gasteiger partial charge on any atom is -0.345 e. The van der Waals surface area contributed by atoms with E-state index in [4.69, 9.17) is 0 Å². The van der Waals surface area contributed by atoms with Crippen LogP contribution in [0.25, 0.3) is 0 Å². The largest absolute Gasteiger partial charge is 0.345 e. The summed E-state index contributed by atoms with van der Waals surface area (Å²) in [5.41, 5.74) is 0.424. The van der Waals surface area contributed by atoms with Crippen LogP contribution in [0.1, 0.15) is 22.0 Å². The Morgan fingerprint density at radius 1 is 1.47 bits per heavy atom. The molecule has 1 aromatic heterocycles. The third kappa shape index (κ3) is 2.66. The summed E-state index contributed by atoms with van der Waals surface area (Å²) in [5, 5.41) is 8.82. The second kappa shape index (κ2) is 4.73. The molecule has 0 atom stereocenters. The van der Waals surface area contributed by atoms with Crippen molar-refractivity contribution in [2.75, 3.05) is 0 Å². The molecule has 6 heteroatoms. The molecule has 1 heterocycles. The molecule has 1 amide bonds. The zero-order chi connectivity index (χ0) is 12.3. The van der Waals surface area contributed by atoms with Crippen molar-refractivity contribution >= 4 is 5.91 Å². The van der Waals surface area contributed by atoms with Crippen LogP contribution in [-0.4, -0.2) is 21.1 Å². The Balaban J connectivity index is 1.99. The fourth-order valence-corrected chi connectivity index (χ4v) is 1.34. The van der Waals surface area contributed by atoms with Crippen molar-refractivity contribution in [3.8, 4) is 0 Å². The Kier molecular flexibility index (Phi) is 3.13. The van der Waals surface area contributed by atoms with Crippen LogP contribution < -0.4 is 5.32 Å². The molecule has 2 N–H and O–H groups in total. The number of benzene rings is 1. The number of aromatic nitrogens is 3. The average Bonchev–Trinajstić information content (AvgIpc) is 2.74. The minimum atomic E-state index is -0.433. The van der Waals surface area contributed by atoms with Gasteiger partial charge in [-0.1, -0.05) is 18.2 Å². The highest BCUT2D eigenvalue weighted by molar-refractivity contribution is 5.90. The zero-order valence-corrected chi connectivity index (χ0v) is 9.20. The van der Waals surface area contributed by atoms with Gasteiger partial charge in [0.1, 0.15) is 11.6 Å². The number of amides is 1. The number of hydrogen-bond donors (Lipinski definition) is 2. The average molecular weight is 234 g/mol. The summed E-state index contributed by atoms with van der Waals surface area (Å²) >= 11 is 0. The lowest BCUT2D eigenvalue weighted by Crippen LogP contribution is -2.24. The Labute approximate surface area is 97.1 Å². The van der Waals surface area contributed by atoms with Crippen molar-refractivity contribution in [1.29, 1.82) is 0 Å². The van der Waals surface area contributed by atoms with Gasteiger partial charge in [-0.3, -0.25) is 9.89 Å². The Morgan fingerprint density at radius 2 is 2.24 bits per heavy atom. The molecule has 88 valence electrons. The van der Waals surface area contributed by atoms with E-state index in [0.29, 0.717) is 11.4 Å². The Morgan fingerprint density at radius 3 is 2.88 bits per heavy atom. The molecule has 0 unspecified atom stereocenters. The lowest BCUT2D eigenvalue weighted by atomic mass is 10.2. The molecular weight excluding hydrogens is 223 g/mol. The number of aromatic amines is 1. The maximum Gasteiger partial charge on any atom is 0.291 e. The van der Waals surface area contributed by atoms with Crippen molar-refractivity contribution in [2.45, 2.75) is 13.5 Å². The minimum absolute atomic E-state index is 0.0545. The first-order valence-corrected chi connectivity index (χ1v) is 5.07. The lowest BCUT2D eigenvalue weighted by Gasteiger charge is -2.03. The Bertz CT molecular complexity index is 538. The first-order chi connectivity index (χ1) is 8.16. The summed E-state index contributed by atoms with van der Waals surface area (Å²) in [5.74, 6) is -0.170. The fourth-order valence-electron chi connectivity index (χ4n) is 1.34. The van der Waals surface area contributed by atoms with Gasteiger partial charge in [-0.2, -0.15) is 0 Å². The van der Waals surface area contributed by atoms with E-state index in [1.165, 1.54) is 6.07 Å². The van der Waals surface area contributed by atoms with Crippen molar-refractivity contribution in [1.82, 2.24) is 20.5 Å². The summed E-state index contributed by atoms with van der Waals surface area (Å²) in [6, 6.07) is 6.26. The molecular formula is C11H11FN4O. The summed E-state index contributed by atoms with van der Waals surface area (Å²) in [4.78, 5) is 15.4. The van der Waals surface area contributed by atoms with Gasteiger partial charge < -0.3 is 5.32 Å². The van der Waals surface area contributed by atoms with Gasteiger partial charge in [0.25, 0.3) is 5.91 Å². The second-order valence-electron chi connectivity index (χ2n) is 3.52. The lowest BCUT2D eigenvalue weighted by molar-refractivity contribution is 0.0940. The first kappa shape index (κ1) is 11.3. The van der Waals surface area contributed by atoms with E-state index in [9.17, 15) is 9.18 Å². The normalized spacial score (nSPS) is 10.2. The first-order valence-electron chi connectivity index (χ1n) is 5.07. The third-order valence-electron chi connectivity index (χ3n) is 2.20. The van der Waals surface area contributed by atoms with Gasteiger partial charge in [0.05, 0.1) is 0 Å². The molecule has 0 radical (unpaired) electrons. The molecule has 17 heavy (non-hydrogen) atoms. The van der Waals surface area contributed by atoms with Gasteiger partial charge in [0.15, 0.2) is 0 Å². The van der Waals surface area contributed by atoms with Crippen molar-refractivity contribution in [3.05, 3.63) is 47.3 Å². The van der Waals surface area contributed by atoms with Crippen LogP contribution >= 0.6 is 0 Å². The zero-order valence-electron chi connectivity index (χ0n) is 9.20. The van der Waals surface area contributed by atoms with Gasteiger partial charge in [-0.25, -0.2) is 9.37 Å². The van der Waals surface area contributed by atoms with Crippen LogP contribution in [0.3, 0.4) is 0 Å². The number of halogens is 1. The number of nitrogens with zero attached hydrogens (tertiary/aromatic N) is 2. The van der Waals surface area contributed by atoms with Gasteiger partial charge in [-0.15, -0.1) is 5.10 Å². The smallest absolute Gasteiger partial charge is 0.291 e. The van der Waals surface area contributed by atoms with Crippen LogP contribution in [0, 0.1) is 12.7 Å². The SMILES string of the molecule is Cc1nc(C(=O)NCc2ccccc2F)n[nH]1. The van der Waals surface area contributed by atoms with Gasteiger partial charge in [-0.05, 0) is 13.0 Å².